The van der Waals surface area contributed by atoms with Gasteiger partial charge in [-0.15, -0.1) is 0 Å². The average Bonchev–Trinajstić information content (AvgIpc) is 2.47. The van der Waals surface area contributed by atoms with Gasteiger partial charge in [0.2, 0.25) is 10.0 Å². The number of phenolic OH excluding ortho intramolecular Hbond substituents is 1. The van der Waals surface area contributed by atoms with E-state index < -0.39 is 10.0 Å². The quantitative estimate of drug-likeness (QED) is 0.916. The van der Waals surface area contributed by atoms with Gasteiger partial charge < -0.3 is 5.11 Å². The molecule has 0 aliphatic heterocycles. The lowest BCUT2D eigenvalue weighted by Crippen LogP contribution is -2.31. The van der Waals surface area contributed by atoms with Gasteiger partial charge >= 0.3 is 0 Å². The summed E-state index contributed by atoms with van der Waals surface area (Å²) in [5.41, 5.74) is 1.33. The van der Waals surface area contributed by atoms with Gasteiger partial charge in [-0.05, 0) is 42.8 Å². The van der Waals surface area contributed by atoms with Crippen molar-refractivity contribution in [3.63, 3.8) is 0 Å². The molecule has 0 unspecified atom stereocenters. The predicted molar refractivity (Wildman–Crippen MR) is 78.0 cm³/mol. The summed E-state index contributed by atoms with van der Waals surface area (Å²) in [7, 11) is -3.40. The zero-order valence-electron chi connectivity index (χ0n) is 11.1. The molecule has 2 rings (SSSR count). The van der Waals surface area contributed by atoms with Crippen molar-refractivity contribution in [2.24, 2.45) is 0 Å². The molecule has 1 heterocycles. The number of phenols is 1. The Balaban J connectivity index is 2.38. The van der Waals surface area contributed by atoms with Crippen molar-refractivity contribution in [2.45, 2.75) is 13.5 Å². The third-order valence-electron chi connectivity index (χ3n) is 2.89. The second-order valence-corrected chi connectivity index (χ2v) is 6.47. The van der Waals surface area contributed by atoms with Crippen LogP contribution in [-0.4, -0.2) is 24.3 Å². The molecule has 0 atom stereocenters. The van der Waals surface area contributed by atoms with Gasteiger partial charge in [0.15, 0.2) is 0 Å². The minimum atomic E-state index is -3.40. The van der Waals surface area contributed by atoms with Crippen LogP contribution in [0.2, 0.25) is 0 Å². The van der Waals surface area contributed by atoms with Crippen LogP contribution < -0.4 is 4.31 Å². The fraction of sp³-hybridized carbons (Fsp3) is 0.214. The molecule has 2 aromatic rings. The zero-order valence-corrected chi connectivity index (χ0v) is 11.9. The summed E-state index contributed by atoms with van der Waals surface area (Å²) in [5.74, 6) is 0.109. The molecule has 1 N–H and O–H groups in total. The van der Waals surface area contributed by atoms with Gasteiger partial charge in [0.25, 0.3) is 0 Å². The van der Waals surface area contributed by atoms with Crippen LogP contribution in [0.5, 0.6) is 5.75 Å². The lowest BCUT2D eigenvalue weighted by atomic mass is 10.2. The molecule has 0 aliphatic carbocycles. The number of rotatable bonds is 5. The first-order valence-electron chi connectivity index (χ1n) is 6.21. The molecular weight excluding hydrogens is 276 g/mol. The summed E-state index contributed by atoms with van der Waals surface area (Å²) in [6.45, 7) is 1.82. The Morgan fingerprint density at radius 3 is 2.45 bits per heavy atom. The van der Waals surface area contributed by atoms with Crippen molar-refractivity contribution in [1.29, 1.82) is 0 Å². The van der Waals surface area contributed by atoms with Gasteiger partial charge in [0.1, 0.15) is 5.75 Å². The number of anilines is 1. The third-order valence-corrected chi connectivity index (χ3v) is 4.63. The molecule has 20 heavy (non-hydrogen) atoms. The van der Waals surface area contributed by atoms with Gasteiger partial charge in [-0.2, -0.15) is 0 Å². The minimum Gasteiger partial charge on any atom is -0.508 e. The predicted octanol–water partition coefficient (Wildman–Crippen LogP) is 2.14. The van der Waals surface area contributed by atoms with Crippen LogP contribution in [0.1, 0.15) is 12.5 Å². The molecule has 1 aromatic carbocycles. The highest BCUT2D eigenvalue weighted by Gasteiger charge is 2.20. The molecule has 0 saturated heterocycles. The van der Waals surface area contributed by atoms with Gasteiger partial charge in [-0.25, -0.2) is 8.42 Å². The van der Waals surface area contributed by atoms with E-state index in [9.17, 15) is 13.5 Å². The Morgan fingerprint density at radius 1 is 1.20 bits per heavy atom. The van der Waals surface area contributed by atoms with Gasteiger partial charge in [0, 0.05) is 12.4 Å². The van der Waals surface area contributed by atoms with E-state index in [1.165, 1.54) is 16.4 Å². The maximum atomic E-state index is 12.2. The number of sulfonamides is 1. The zero-order chi connectivity index (χ0) is 14.6. The molecule has 0 fully saturated rings. The van der Waals surface area contributed by atoms with E-state index in [2.05, 4.69) is 4.98 Å². The molecule has 0 amide bonds. The van der Waals surface area contributed by atoms with E-state index in [1.807, 2.05) is 6.07 Å². The maximum absolute atomic E-state index is 12.2. The van der Waals surface area contributed by atoms with E-state index in [0.717, 1.165) is 5.56 Å². The molecule has 0 spiro atoms. The largest absolute Gasteiger partial charge is 0.508 e. The first kappa shape index (κ1) is 14.3. The smallest absolute Gasteiger partial charge is 0.235 e. The third kappa shape index (κ3) is 3.27. The average molecular weight is 292 g/mol. The lowest BCUT2D eigenvalue weighted by molar-refractivity contribution is 0.475. The number of aromatic nitrogens is 1. The molecule has 1 aromatic heterocycles. The molecule has 106 valence electrons. The van der Waals surface area contributed by atoms with Crippen LogP contribution in [0.25, 0.3) is 0 Å². The van der Waals surface area contributed by atoms with E-state index in [0.29, 0.717) is 5.69 Å². The Bertz CT molecular complexity index is 655. The van der Waals surface area contributed by atoms with Crippen LogP contribution in [0.4, 0.5) is 5.69 Å². The van der Waals surface area contributed by atoms with Gasteiger partial charge in [0.05, 0.1) is 18.0 Å². The number of nitrogens with zero attached hydrogens (tertiary/aromatic N) is 2. The van der Waals surface area contributed by atoms with Crippen LogP contribution in [0.3, 0.4) is 0 Å². The molecule has 0 aliphatic rings. The summed E-state index contributed by atoms with van der Waals surface area (Å²) in [4.78, 5) is 3.99. The molecule has 0 saturated carbocycles. The molecular formula is C14H16N2O3S. The number of aromatic hydroxyl groups is 1. The normalized spacial score (nSPS) is 11.2. The lowest BCUT2D eigenvalue weighted by Gasteiger charge is -2.23. The Kier molecular flexibility index (Phi) is 4.24. The summed E-state index contributed by atoms with van der Waals surface area (Å²) < 4.78 is 25.8. The van der Waals surface area contributed by atoms with Crippen molar-refractivity contribution in [2.75, 3.05) is 10.1 Å². The van der Waals surface area contributed by atoms with Crippen molar-refractivity contribution < 1.29 is 13.5 Å². The van der Waals surface area contributed by atoms with E-state index in [-0.39, 0.29) is 18.0 Å². The summed E-state index contributed by atoms with van der Waals surface area (Å²) in [6.07, 6.45) is 3.28. The highest BCUT2D eigenvalue weighted by Crippen LogP contribution is 2.23. The molecule has 5 nitrogen and oxygen atoms in total. The van der Waals surface area contributed by atoms with Crippen molar-refractivity contribution in [3.05, 3.63) is 54.4 Å². The Hall–Kier alpha value is -2.08. The minimum absolute atomic E-state index is 0.00807. The monoisotopic (exact) mass is 292 g/mol. The highest BCUT2D eigenvalue weighted by atomic mass is 32.2. The van der Waals surface area contributed by atoms with Crippen molar-refractivity contribution >= 4 is 15.7 Å². The van der Waals surface area contributed by atoms with Gasteiger partial charge in [-0.1, -0.05) is 6.07 Å². The fourth-order valence-corrected chi connectivity index (χ4v) is 2.88. The standard InChI is InChI=1S/C14H16N2O3S/c1-2-20(18,19)16(11-12-4-3-9-15-10-12)13-5-7-14(17)8-6-13/h3-10,17H,2,11H2,1H3. The highest BCUT2D eigenvalue weighted by molar-refractivity contribution is 7.92. The van der Waals surface area contributed by atoms with Crippen LogP contribution in [0.15, 0.2) is 48.8 Å². The SMILES string of the molecule is CCS(=O)(=O)N(Cc1cccnc1)c1ccc(O)cc1. The molecule has 0 radical (unpaired) electrons. The Morgan fingerprint density at radius 2 is 1.90 bits per heavy atom. The Labute approximate surface area is 118 Å². The van der Waals surface area contributed by atoms with Crippen LogP contribution in [-0.2, 0) is 16.6 Å². The van der Waals surface area contributed by atoms with Crippen molar-refractivity contribution in [3.8, 4) is 5.75 Å². The number of hydrogen-bond donors (Lipinski definition) is 1. The molecule has 0 bridgehead atoms. The molecule has 6 heteroatoms. The number of hydrogen-bond acceptors (Lipinski definition) is 4. The van der Waals surface area contributed by atoms with E-state index in [4.69, 9.17) is 0 Å². The summed E-state index contributed by atoms with van der Waals surface area (Å²) in [5, 5.41) is 9.31. The number of benzene rings is 1. The van der Waals surface area contributed by atoms with Crippen molar-refractivity contribution in [1.82, 2.24) is 4.98 Å². The maximum Gasteiger partial charge on any atom is 0.235 e. The fourth-order valence-electron chi connectivity index (χ4n) is 1.78. The van der Waals surface area contributed by atoms with Gasteiger partial charge in [-0.3, -0.25) is 9.29 Å². The van der Waals surface area contributed by atoms with Crippen LogP contribution in [0, 0.1) is 0 Å². The second-order valence-electron chi connectivity index (χ2n) is 4.28. The summed E-state index contributed by atoms with van der Waals surface area (Å²) in [6, 6.07) is 9.69. The summed E-state index contributed by atoms with van der Waals surface area (Å²) >= 11 is 0. The topological polar surface area (TPSA) is 70.5 Å². The first-order chi connectivity index (χ1) is 9.53. The van der Waals surface area contributed by atoms with E-state index >= 15 is 0 Å². The van der Waals surface area contributed by atoms with E-state index in [1.54, 1.807) is 37.5 Å². The first-order valence-corrected chi connectivity index (χ1v) is 7.82. The van der Waals surface area contributed by atoms with Crippen LogP contribution >= 0.6 is 0 Å². The number of pyridine rings is 1. The second kappa shape index (κ2) is 5.92.